The zero-order valence-corrected chi connectivity index (χ0v) is 21.1. The van der Waals surface area contributed by atoms with E-state index >= 15 is 0 Å². The summed E-state index contributed by atoms with van der Waals surface area (Å²) in [5.41, 5.74) is 0. The number of carbonyl (C=O) groups excluding carboxylic acids is 2. The highest BCUT2D eigenvalue weighted by Gasteiger charge is 2.50. The van der Waals surface area contributed by atoms with Crippen molar-refractivity contribution in [2.45, 2.75) is 90.4 Å². The van der Waals surface area contributed by atoms with Gasteiger partial charge < -0.3 is 24.2 Å². The molecule has 3 aliphatic rings. The van der Waals surface area contributed by atoms with Gasteiger partial charge in [0.1, 0.15) is 0 Å². The number of carbonyl (C=O) groups is 2. The third-order valence-electron chi connectivity index (χ3n) is 7.68. The molecule has 0 bridgehead atoms. The van der Waals surface area contributed by atoms with Gasteiger partial charge in [-0.2, -0.15) is 0 Å². The molecule has 0 aromatic carbocycles. The maximum Gasteiger partial charge on any atom is 0.410 e. The molecule has 3 rings (SSSR count). The van der Waals surface area contributed by atoms with Gasteiger partial charge in [0.25, 0.3) is 0 Å². The number of hydrogen-bond acceptors (Lipinski definition) is 5. The summed E-state index contributed by atoms with van der Waals surface area (Å²) in [6.45, 7) is 11.5. The van der Waals surface area contributed by atoms with Crippen molar-refractivity contribution in [3.8, 4) is 0 Å². The van der Waals surface area contributed by atoms with Crippen molar-refractivity contribution in [1.29, 1.82) is 0 Å². The van der Waals surface area contributed by atoms with Gasteiger partial charge in [-0.05, 0) is 71.8 Å². The molecule has 2 saturated carbocycles. The Morgan fingerprint density at radius 3 is 2.44 bits per heavy atom. The first-order valence-corrected chi connectivity index (χ1v) is 12.7. The standard InChI is InChI=1S/C25H45N3O4/c1-7-19(16-26(5)12-13-31-6)21-10-11-22-23(14-21)27(25(30)32-17(2)3)15-18(4)28(22)24(29)20-8-9-20/h17-23H,7-16H2,1-6H3. The van der Waals surface area contributed by atoms with Crippen LogP contribution in [0.5, 0.6) is 0 Å². The Hall–Kier alpha value is -1.34. The number of methoxy groups -OCH3 is 1. The fourth-order valence-electron chi connectivity index (χ4n) is 5.84. The Balaban J connectivity index is 1.76. The van der Waals surface area contributed by atoms with E-state index < -0.39 is 0 Å². The van der Waals surface area contributed by atoms with Crippen LogP contribution in [0, 0.1) is 17.8 Å². The minimum absolute atomic E-state index is 0.0442. The lowest BCUT2D eigenvalue weighted by atomic mass is 9.72. The largest absolute Gasteiger partial charge is 0.447 e. The quantitative estimate of drug-likeness (QED) is 0.536. The number of ether oxygens (including phenoxy) is 2. The van der Waals surface area contributed by atoms with Crippen LogP contribution in [0.4, 0.5) is 4.79 Å². The van der Waals surface area contributed by atoms with Crippen molar-refractivity contribution >= 4 is 12.0 Å². The predicted octanol–water partition coefficient (Wildman–Crippen LogP) is 3.62. The molecule has 1 aliphatic heterocycles. The van der Waals surface area contributed by atoms with Crippen molar-refractivity contribution < 1.29 is 19.1 Å². The Labute approximate surface area is 194 Å². The van der Waals surface area contributed by atoms with Gasteiger partial charge in [-0.1, -0.05) is 13.3 Å². The van der Waals surface area contributed by atoms with Crippen LogP contribution in [0.25, 0.3) is 0 Å². The molecule has 184 valence electrons. The zero-order valence-electron chi connectivity index (χ0n) is 21.1. The van der Waals surface area contributed by atoms with Gasteiger partial charge in [0.05, 0.1) is 24.8 Å². The van der Waals surface area contributed by atoms with Crippen molar-refractivity contribution in [2.24, 2.45) is 17.8 Å². The van der Waals surface area contributed by atoms with Gasteiger partial charge in [0.2, 0.25) is 5.91 Å². The second-order valence-corrected chi connectivity index (χ2v) is 10.6. The summed E-state index contributed by atoms with van der Waals surface area (Å²) in [5, 5.41) is 0. The average molecular weight is 452 g/mol. The number of piperazine rings is 1. The number of hydrogen-bond donors (Lipinski definition) is 0. The molecular formula is C25H45N3O4. The second kappa shape index (κ2) is 11.2. The summed E-state index contributed by atoms with van der Waals surface area (Å²) >= 11 is 0. The van der Waals surface area contributed by atoms with E-state index in [9.17, 15) is 9.59 Å². The molecule has 5 unspecified atom stereocenters. The summed E-state index contributed by atoms with van der Waals surface area (Å²) in [6, 6.07) is 0.214. The summed E-state index contributed by atoms with van der Waals surface area (Å²) in [4.78, 5) is 32.7. The fourth-order valence-corrected chi connectivity index (χ4v) is 5.84. The zero-order chi connectivity index (χ0) is 23.4. The Morgan fingerprint density at radius 1 is 1.12 bits per heavy atom. The van der Waals surface area contributed by atoms with E-state index in [-0.39, 0.29) is 36.2 Å². The lowest BCUT2D eigenvalue weighted by molar-refractivity contribution is -0.146. The van der Waals surface area contributed by atoms with Gasteiger partial charge in [-0.3, -0.25) is 4.79 Å². The lowest BCUT2D eigenvalue weighted by Gasteiger charge is -2.54. The fraction of sp³-hybridized carbons (Fsp3) is 0.920. The highest BCUT2D eigenvalue weighted by molar-refractivity contribution is 5.82. The maximum atomic E-state index is 13.2. The third kappa shape index (κ3) is 5.96. The van der Waals surface area contributed by atoms with E-state index in [0.29, 0.717) is 24.3 Å². The van der Waals surface area contributed by atoms with Crippen LogP contribution in [-0.4, -0.2) is 91.3 Å². The van der Waals surface area contributed by atoms with E-state index in [1.807, 2.05) is 18.7 Å². The number of fused-ring (bicyclic) bond motifs is 1. The second-order valence-electron chi connectivity index (χ2n) is 10.6. The first-order chi connectivity index (χ1) is 15.3. The molecule has 1 heterocycles. The molecule has 0 spiro atoms. The van der Waals surface area contributed by atoms with Crippen molar-refractivity contribution in [3.05, 3.63) is 0 Å². The van der Waals surface area contributed by atoms with Gasteiger partial charge in [0, 0.05) is 38.7 Å². The predicted molar refractivity (Wildman–Crippen MR) is 125 cm³/mol. The summed E-state index contributed by atoms with van der Waals surface area (Å²) in [7, 11) is 3.91. The lowest BCUT2D eigenvalue weighted by Crippen LogP contribution is -2.67. The first kappa shape index (κ1) is 25.3. The van der Waals surface area contributed by atoms with E-state index in [2.05, 4.69) is 30.7 Å². The van der Waals surface area contributed by atoms with E-state index in [4.69, 9.17) is 9.47 Å². The van der Waals surface area contributed by atoms with E-state index in [1.165, 1.54) is 0 Å². The molecule has 32 heavy (non-hydrogen) atoms. The van der Waals surface area contributed by atoms with Crippen LogP contribution >= 0.6 is 0 Å². The molecule has 0 N–H and O–H groups in total. The normalized spacial score (nSPS) is 29.2. The summed E-state index contributed by atoms with van der Waals surface area (Å²) in [5.74, 6) is 1.65. The topological polar surface area (TPSA) is 62.3 Å². The highest BCUT2D eigenvalue weighted by atomic mass is 16.6. The van der Waals surface area contributed by atoms with Crippen LogP contribution in [0.1, 0.15) is 66.2 Å². The van der Waals surface area contributed by atoms with Crippen molar-refractivity contribution in [2.75, 3.05) is 40.4 Å². The van der Waals surface area contributed by atoms with Gasteiger partial charge >= 0.3 is 6.09 Å². The molecule has 3 fully saturated rings. The smallest absolute Gasteiger partial charge is 0.410 e. The van der Waals surface area contributed by atoms with Crippen molar-refractivity contribution in [1.82, 2.24) is 14.7 Å². The minimum atomic E-state index is -0.216. The molecule has 5 atom stereocenters. The van der Waals surface area contributed by atoms with Crippen LogP contribution in [0.2, 0.25) is 0 Å². The first-order valence-electron chi connectivity index (χ1n) is 12.7. The number of amides is 2. The minimum Gasteiger partial charge on any atom is -0.447 e. The van der Waals surface area contributed by atoms with Crippen LogP contribution in [-0.2, 0) is 14.3 Å². The number of nitrogens with zero attached hydrogens (tertiary/aromatic N) is 3. The van der Waals surface area contributed by atoms with Crippen LogP contribution in [0.15, 0.2) is 0 Å². The maximum absolute atomic E-state index is 13.2. The molecule has 1 saturated heterocycles. The number of rotatable bonds is 9. The highest BCUT2D eigenvalue weighted by Crippen LogP contribution is 2.42. The monoisotopic (exact) mass is 451 g/mol. The molecule has 0 aromatic heterocycles. The summed E-state index contributed by atoms with van der Waals surface area (Å²) < 4.78 is 10.9. The van der Waals surface area contributed by atoms with Gasteiger partial charge in [-0.25, -0.2) is 4.79 Å². The van der Waals surface area contributed by atoms with Crippen molar-refractivity contribution in [3.63, 3.8) is 0 Å². The third-order valence-corrected chi connectivity index (χ3v) is 7.68. The molecular weight excluding hydrogens is 406 g/mol. The van der Waals surface area contributed by atoms with Crippen LogP contribution < -0.4 is 0 Å². The molecule has 2 amide bonds. The molecule has 7 heteroatoms. The molecule has 0 aromatic rings. The molecule has 0 radical (unpaired) electrons. The Kier molecular flexibility index (Phi) is 8.84. The number of likely N-dealkylation sites (N-methyl/N-ethyl adjacent to an activating group) is 1. The molecule has 2 aliphatic carbocycles. The molecule has 7 nitrogen and oxygen atoms in total. The Morgan fingerprint density at radius 2 is 1.84 bits per heavy atom. The van der Waals surface area contributed by atoms with E-state index in [1.54, 1.807) is 7.11 Å². The average Bonchev–Trinajstić information content (AvgIpc) is 3.59. The SMILES string of the molecule is CCC(CN(C)CCOC)C1CCC2C(C1)N(C(=O)OC(C)C)CC(C)N2C(=O)C1CC1. The van der Waals surface area contributed by atoms with Gasteiger partial charge in [-0.15, -0.1) is 0 Å². The van der Waals surface area contributed by atoms with Crippen LogP contribution in [0.3, 0.4) is 0 Å². The van der Waals surface area contributed by atoms with Gasteiger partial charge in [0.15, 0.2) is 0 Å². The van der Waals surface area contributed by atoms with E-state index in [0.717, 1.165) is 58.2 Å². The Bertz CT molecular complexity index is 639. The summed E-state index contributed by atoms with van der Waals surface area (Å²) in [6.07, 6.45) is 5.85.